The largest absolute Gasteiger partial charge is 0.467 e. The molecule has 4 heterocycles. The molecular weight excluding hydrogens is 346 g/mol. The van der Waals surface area contributed by atoms with E-state index in [0.717, 1.165) is 70.8 Å². The fraction of sp³-hybridized carbons (Fsp3) is 0.700. The molecule has 0 unspecified atom stereocenters. The summed E-state index contributed by atoms with van der Waals surface area (Å²) in [6.45, 7) is 7.08. The van der Waals surface area contributed by atoms with Gasteiger partial charge in [-0.25, -0.2) is 0 Å². The smallest absolute Gasteiger partial charge is 0.257 e. The molecule has 1 aromatic heterocycles. The lowest BCUT2D eigenvalue weighted by Crippen LogP contribution is -2.43. The van der Waals surface area contributed by atoms with Crippen LogP contribution in [-0.4, -0.2) is 79.0 Å². The van der Waals surface area contributed by atoms with E-state index in [-0.39, 0.29) is 17.7 Å². The normalized spacial score (nSPS) is 22.4. The standard InChI is InChI=1S/C20H29N3O4/c24-19(22-5-1-2-6-22)16-3-7-23(8-4-16)20(25)17-13-18(27-15-17)14-21-9-11-26-12-10-21/h13,15-16H,1-12,14H2. The highest BCUT2D eigenvalue weighted by Crippen LogP contribution is 2.24. The van der Waals surface area contributed by atoms with Crippen LogP contribution < -0.4 is 0 Å². The Kier molecular flexibility index (Phi) is 5.78. The van der Waals surface area contributed by atoms with E-state index < -0.39 is 0 Å². The minimum atomic E-state index is 0.0130. The monoisotopic (exact) mass is 375 g/mol. The van der Waals surface area contributed by atoms with E-state index in [1.54, 1.807) is 6.26 Å². The quantitative estimate of drug-likeness (QED) is 0.800. The van der Waals surface area contributed by atoms with Crippen LogP contribution in [0.25, 0.3) is 0 Å². The van der Waals surface area contributed by atoms with Crippen molar-refractivity contribution in [1.29, 1.82) is 0 Å². The lowest BCUT2D eigenvalue weighted by atomic mass is 9.95. The number of piperidine rings is 1. The maximum Gasteiger partial charge on any atom is 0.257 e. The van der Waals surface area contributed by atoms with E-state index in [4.69, 9.17) is 9.15 Å². The van der Waals surface area contributed by atoms with Crippen LogP contribution >= 0.6 is 0 Å². The first-order valence-electron chi connectivity index (χ1n) is 10.2. The number of amides is 2. The predicted molar refractivity (Wildman–Crippen MR) is 99.2 cm³/mol. The molecule has 3 fully saturated rings. The number of rotatable bonds is 4. The molecule has 0 N–H and O–H groups in total. The number of carbonyl (C=O) groups is 2. The van der Waals surface area contributed by atoms with Crippen molar-refractivity contribution >= 4 is 11.8 Å². The lowest BCUT2D eigenvalue weighted by Gasteiger charge is -2.33. The summed E-state index contributed by atoms with van der Waals surface area (Å²) in [6.07, 6.45) is 5.34. The number of furan rings is 1. The zero-order chi connectivity index (χ0) is 18.6. The molecule has 0 saturated carbocycles. The lowest BCUT2D eigenvalue weighted by molar-refractivity contribution is -0.135. The molecule has 27 heavy (non-hydrogen) atoms. The maximum absolute atomic E-state index is 12.8. The number of morpholine rings is 1. The van der Waals surface area contributed by atoms with Crippen molar-refractivity contribution < 1.29 is 18.7 Å². The zero-order valence-corrected chi connectivity index (χ0v) is 15.9. The fourth-order valence-electron chi connectivity index (χ4n) is 4.26. The van der Waals surface area contributed by atoms with Crippen molar-refractivity contribution in [3.8, 4) is 0 Å². The molecule has 1 aromatic rings. The summed E-state index contributed by atoms with van der Waals surface area (Å²) in [5, 5.41) is 0. The Hall–Kier alpha value is -1.86. The Bertz CT molecular complexity index is 654. The third-order valence-corrected chi connectivity index (χ3v) is 5.93. The van der Waals surface area contributed by atoms with Gasteiger partial charge < -0.3 is 19.0 Å². The van der Waals surface area contributed by atoms with E-state index in [0.29, 0.717) is 25.2 Å². The molecule has 3 saturated heterocycles. The van der Waals surface area contributed by atoms with Crippen molar-refractivity contribution in [2.75, 3.05) is 52.5 Å². The highest BCUT2D eigenvalue weighted by atomic mass is 16.5. The minimum Gasteiger partial charge on any atom is -0.467 e. The van der Waals surface area contributed by atoms with Crippen LogP contribution in [0.2, 0.25) is 0 Å². The number of hydrogen-bond donors (Lipinski definition) is 0. The summed E-state index contributed by atoms with van der Waals surface area (Å²) >= 11 is 0. The van der Waals surface area contributed by atoms with Crippen molar-refractivity contribution in [3.05, 3.63) is 23.7 Å². The van der Waals surface area contributed by atoms with E-state index in [1.165, 1.54) is 0 Å². The zero-order valence-electron chi connectivity index (χ0n) is 15.9. The molecular formula is C20H29N3O4. The Balaban J connectivity index is 1.28. The van der Waals surface area contributed by atoms with Gasteiger partial charge in [0, 0.05) is 45.2 Å². The van der Waals surface area contributed by atoms with Gasteiger partial charge in [0.25, 0.3) is 5.91 Å². The second-order valence-electron chi connectivity index (χ2n) is 7.79. The van der Waals surface area contributed by atoms with E-state index in [2.05, 4.69) is 4.90 Å². The molecule has 0 atom stereocenters. The molecule has 4 rings (SSSR count). The second-order valence-corrected chi connectivity index (χ2v) is 7.79. The van der Waals surface area contributed by atoms with Gasteiger partial charge in [0.1, 0.15) is 12.0 Å². The highest BCUT2D eigenvalue weighted by molar-refractivity contribution is 5.94. The summed E-state index contributed by atoms with van der Waals surface area (Å²) in [7, 11) is 0. The molecule has 3 aliphatic rings. The molecule has 0 bridgehead atoms. The minimum absolute atomic E-state index is 0.0130. The van der Waals surface area contributed by atoms with Crippen LogP contribution in [0.1, 0.15) is 41.8 Å². The number of ether oxygens (including phenoxy) is 1. The van der Waals surface area contributed by atoms with Crippen molar-refractivity contribution in [1.82, 2.24) is 14.7 Å². The Labute approximate surface area is 160 Å². The average Bonchev–Trinajstić information content (AvgIpc) is 3.40. The average molecular weight is 375 g/mol. The van der Waals surface area contributed by atoms with Crippen LogP contribution in [0.5, 0.6) is 0 Å². The summed E-state index contributed by atoms with van der Waals surface area (Å²) in [6, 6.07) is 1.86. The van der Waals surface area contributed by atoms with Crippen molar-refractivity contribution in [2.24, 2.45) is 5.92 Å². The van der Waals surface area contributed by atoms with Crippen molar-refractivity contribution in [3.63, 3.8) is 0 Å². The molecule has 7 nitrogen and oxygen atoms in total. The van der Waals surface area contributed by atoms with E-state index in [1.807, 2.05) is 15.9 Å². The topological polar surface area (TPSA) is 66.2 Å². The molecule has 0 spiro atoms. The number of nitrogens with zero attached hydrogens (tertiary/aromatic N) is 3. The van der Waals surface area contributed by atoms with Gasteiger partial charge in [0.2, 0.25) is 5.91 Å². The van der Waals surface area contributed by atoms with Gasteiger partial charge in [-0.3, -0.25) is 14.5 Å². The number of likely N-dealkylation sites (tertiary alicyclic amines) is 2. The van der Waals surface area contributed by atoms with Gasteiger partial charge in [-0.05, 0) is 31.7 Å². The van der Waals surface area contributed by atoms with Gasteiger partial charge in [0.15, 0.2) is 0 Å². The first-order valence-corrected chi connectivity index (χ1v) is 10.2. The first kappa shape index (κ1) is 18.5. The molecule has 2 amide bonds. The van der Waals surface area contributed by atoms with Crippen LogP contribution in [0.4, 0.5) is 0 Å². The van der Waals surface area contributed by atoms with Gasteiger partial charge in [0.05, 0.1) is 25.3 Å². The van der Waals surface area contributed by atoms with Gasteiger partial charge in [-0.15, -0.1) is 0 Å². The van der Waals surface area contributed by atoms with Crippen LogP contribution in [0.15, 0.2) is 16.7 Å². The van der Waals surface area contributed by atoms with Gasteiger partial charge in [-0.2, -0.15) is 0 Å². The molecule has 148 valence electrons. The maximum atomic E-state index is 12.8. The summed E-state index contributed by atoms with van der Waals surface area (Å²) in [4.78, 5) is 31.4. The molecule has 0 radical (unpaired) electrons. The Morgan fingerprint density at radius 2 is 1.67 bits per heavy atom. The Morgan fingerprint density at radius 3 is 2.37 bits per heavy atom. The molecule has 0 aliphatic carbocycles. The first-order chi connectivity index (χ1) is 13.2. The van der Waals surface area contributed by atoms with Crippen molar-refractivity contribution in [2.45, 2.75) is 32.2 Å². The molecule has 7 heteroatoms. The highest BCUT2D eigenvalue weighted by Gasteiger charge is 2.31. The Morgan fingerprint density at radius 1 is 0.963 bits per heavy atom. The number of carbonyl (C=O) groups excluding carboxylic acids is 2. The predicted octanol–water partition coefficient (Wildman–Crippen LogP) is 1.59. The van der Waals surface area contributed by atoms with Crippen LogP contribution in [0, 0.1) is 5.92 Å². The summed E-state index contributed by atoms with van der Waals surface area (Å²) in [5.41, 5.74) is 0.613. The SMILES string of the molecule is O=C(c1coc(CN2CCOCC2)c1)N1CCC(C(=O)N2CCCC2)CC1. The molecule has 3 aliphatic heterocycles. The summed E-state index contributed by atoms with van der Waals surface area (Å²) in [5.74, 6) is 1.20. The van der Waals surface area contributed by atoms with Crippen LogP contribution in [-0.2, 0) is 16.1 Å². The number of hydrogen-bond acceptors (Lipinski definition) is 5. The molecule has 0 aromatic carbocycles. The van der Waals surface area contributed by atoms with Gasteiger partial charge in [-0.1, -0.05) is 0 Å². The van der Waals surface area contributed by atoms with E-state index in [9.17, 15) is 9.59 Å². The van der Waals surface area contributed by atoms with Gasteiger partial charge >= 0.3 is 0 Å². The fourth-order valence-corrected chi connectivity index (χ4v) is 4.26. The third kappa shape index (κ3) is 4.35. The summed E-state index contributed by atoms with van der Waals surface area (Å²) < 4.78 is 11.0. The second kappa shape index (κ2) is 8.44. The third-order valence-electron chi connectivity index (χ3n) is 5.93. The van der Waals surface area contributed by atoms with E-state index >= 15 is 0 Å². The van der Waals surface area contributed by atoms with Crippen LogP contribution in [0.3, 0.4) is 0 Å².